The summed E-state index contributed by atoms with van der Waals surface area (Å²) < 4.78 is 32.1. The van der Waals surface area contributed by atoms with Crippen LogP contribution in [-0.4, -0.2) is 20.2 Å². The van der Waals surface area contributed by atoms with Crippen LogP contribution >= 0.6 is 11.6 Å². The van der Waals surface area contributed by atoms with Gasteiger partial charge >= 0.3 is 0 Å². The first kappa shape index (κ1) is 18.0. The summed E-state index contributed by atoms with van der Waals surface area (Å²) in [5.41, 5.74) is 4.27. The lowest BCUT2D eigenvalue weighted by Crippen LogP contribution is -2.40. The van der Waals surface area contributed by atoms with Crippen LogP contribution in [0.3, 0.4) is 0 Å². The third-order valence-electron chi connectivity index (χ3n) is 2.85. The van der Waals surface area contributed by atoms with Gasteiger partial charge in [-0.2, -0.15) is 0 Å². The van der Waals surface area contributed by atoms with Gasteiger partial charge in [-0.3, -0.25) is 20.4 Å². The maximum Gasteiger partial charge on any atom is 0.269 e. The van der Waals surface area contributed by atoms with Crippen LogP contribution in [0.1, 0.15) is 23.0 Å². The Labute approximate surface area is 143 Å². The predicted molar refractivity (Wildman–Crippen MR) is 85.5 cm³/mol. The molecule has 0 fully saturated rings. The summed E-state index contributed by atoms with van der Waals surface area (Å²) in [5.74, 6) is -0.719. The van der Waals surface area contributed by atoms with Crippen molar-refractivity contribution in [2.75, 3.05) is 0 Å². The fourth-order valence-electron chi connectivity index (χ4n) is 1.72. The third-order valence-corrected chi connectivity index (χ3v) is 4.73. The highest BCUT2D eigenvalue weighted by Gasteiger charge is 2.20. The fourth-order valence-corrected chi connectivity index (χ4v) is 3.24. The molecule has 0 bridgehead atoms. The van der Waals surface area contributed by atoms with Gasteiger partial charge in [-0.25, -0.2) is 13.1 Å². The van der Waals surface area contributed by atoms with Crippen molar-refractivity contribution < 1.29 is 22.4 Å². The molecular formula is C14H14ClN3O5S. The molecule has 0 saturated heterocycles. The number of hydrogen-bond acceptors (Lipinski definition) is 5. The first-order chi connectivity index (χ1) is 11.3. The van der Waals surface area contributed by atoms with Gasteiger partial charge in [0.25, 0.3) is 5.91 Å². The van der Waals surface area contributed by atoms with E-state index in [1.54, 1.807) is 12.1 Å². The lowest BCUT2D eigenvalue weighted by Gasteiger charge is -2.10. The first-order valence-electron chi connectivity index (χ1n) is 6.68. The van der Waals surface area contributed by atoms with Gasteiger partial charge in [-0.15, -0.1) is 0 Å². The van der Waals surface area contributed by atoms with E-state index in [0.29, 0.717) is 5.76 Å². The monoisotopic (exact) mass is 371 g/mol. The van der Waals surface area contributed by atoms with Crippen molar-refractivity contribution in [1.29, 1.82) is 0 Å². The van der Waals surface area contributed by atoms with Gasteiger partial charge in [0, 0.05) is 12.5 Å². The molecule has 2 aromatic rings. The van der Waals surface area contributed by atoms with E-state index in [0.717, 1.165) is 6.07 Å². The Kier molecular flexibility index (Phi) is 5.60. The minimum absolute atomic E-state index is 0.0199. The van der Waals surface area contributed by atoms with E-state index in [2.05, 4.69) is 15.6 Å². The summed E-state index contributed by atoms with van der Waals surface area (Å²) >= 11 is 5.93. The number of benzene rings is 1. The van der Waals surface area contributed by atoms with Crippen molar-refractivity contribution in [2.24, 2.45) is 0 Å². The number of hydrazine groups is 1. The molecule has 3 N–H and O–H groups in total. The number of amides is 2. The van der Waals surface area contributed by atoms with E-state index in [4.69, 9.17) is 16.0 Å². The molecule has 2 amide bonds. The number of hydrogen-bond donors (Lipinski definition) is 3. The Hall–Kier alpha value is -2.36. The van der Waals surface area contributed by atoms with Crippen molar-refractivity contribution in [2.45, 2.75) is 18.4 Å². The molecule has 24 heavy (non-hydrogen) atoms. The summed E-state index contributed by atoms with van der Waals surface area (Å²) in [7, 11) is -3.96. The van der Waals surface area contributed by atoms with E-state index in [9.17, 15) is 18.0 Å². The number of sulfonamides is 1. The molecule has 0 spiro atoms. The zero-order valence-electron chi connectivity index (χ0n) is 12.5. The minimum Gasteiger partial charge on any atom is -0.468 e. The molecule has 0 atom stereocenters. The summed E-state index contributed by atoms with van der Waals surface area (Å²) in [5, 5.41) is -0.0435. The van der Waals surface area contributed by atoms with Crippen LogP contribution in [0.25, 0.3) is 0 Å². The van der Waals surface area contributed by atoms with E-state index in [1.165, 1.54) is 25.3 Å². The first-order valence-corrected chi connectivity index (χ1v) is 8.54. The highest BCUT2D eigenvalue weighted by Crippen LogP contribution is 2.23. The second kappa shape index (κ2) is 7.47. The molecule has 1 heterocycles. The third kappa shape index (κ3) is 4.57. The highest BCUT2D eigenvalue weighted by molar-refractivity contribution is 7.89. The van der Waals surface area contributed by atoms with Gasteiger partial charge in [0.2, 0.25) is 15.9 Å². The Morgan fingerprint density at radius 3 is 2.58 bits per heavy atom. The Balaban J connectivity index is 2.20. The van der Waals surface area contributed by atoms with Gasteiger partial charge < -0.3 is 4.42 Å². The van der Waals surface area contributed by atoms with Crippen molar-refractivity contribution in [3.63, 3.8) is 0 Å². The zero-order chi connectivity index (χ0) is 17.7. The Bertz CT molecular complexity index is 849. The van der Waals surface area contributed by atoms with E-state index in [-0.39, 0.29) is 22.0 Å². The van der Waals surface area contributed by atoms with Gasteiger partial charge in [-0.1, -0.05) is 11.6 Å². The zero-order valence-corrected chi connectivity index (χ0v) is 14.1. The quantitative estimate of drug-likeness (QED) is 0.682. The predicted octanol–water partition coefficient (Wildman–Crippen LogP) is 1.19. The van der Waals surface area contributed by atoms with Crippen LogP contribution < -0.4 is 15.6 Å². The number of halogens is 1. The molecule has 128 valence electrons. The average molecular weight is 372 g/mol. The van der Waals surface area contributed by atoms with Crippen molar-refractivity contribution in [3.05, 3.63) is 52.9 Å². The van der Waals surface area contributed by atoms with Crippen LogP contribution in [0, 0.1) is 0 Å². The maximum atomic E-state index is 12.4. The summed E-state index contributed by atoms with van der Waals surface area (Å²) in [4.78, 5) is 22.4. The second-order valence-electron chi connectivity index (χ2n) is 4.68. The standard InChI is InChI=1S/C14H14ClN3O5S/c1-9(19)17-18-14(20)10-4-5-12(15)13(7-10)24(21,22)16-8-11-3-2-6-23-11/h2-7,16H,8H2,1H3,(H,17,19)(H,18,20). The number of nitrogens with one attached hydrogen (secondary N) is 3. The second-order valence-corrected chi connectivity index (χ2v) is 6.83. The fraction of sp³-hybridized carbons (Fsp3) is 0.143. The molecule has 0 aliphatic rings. The number of carbonyl (C=O) groups excluding carboxylic acids is 2. The topological polar surface area (TPSA) is 118 Å². The molecule has 8 nitrogen and oxygen atoms in total. The molecule has 1 aromatic carbocycles. The van der Waals surface area contributed by atoms with Crippen molar-refractivity contribution in [1.82, 2.24) is 15.6 Å². The van der Waals surface area contributed by atoms with E-state index in [1.807, 2.05) is 0 Å². The summed E-state index contributed by atoms with van der Waals surface area (Å²) in [6, 6.07) is 6.98. The van der Waals surface area contributed by atoms with Gasteiger partial charge in [0.15, 0.2) is 0 Å². The van der Waals surface area contributed by atoms with Gasteiger partial charge in [0.05, 0.1) is 17.8 Å². The van der Waals surface area contributed by atoms with Crippen LogP contribution in [0.5, 0.6) is 0 Å². The Morgan fingerprint density at radius 1 is 1.21 bits per heavy atom. The minimum atomic E-state index is -3.96. The lowest BCUT2D eigenvalue weighted by molar-refractivity contribution is -0.119. The molecule has 10 heteroatoms. The van der Waals surface area contributed by atoms with Crippen LogP contribution in [-0.2, 0) is 21.4 Å². The van der Waals surface area contributed by atoms with Crippen LogP contribution in [0.2, 0.25) is 5.02 Å². The molecule has 0 saturated carbocycles. The average Bonchev–Trinajstić information content (AvgIpc) is 3.04. The van der Waals surface area contributed by atoms with Crippen LogP contribution in [0.15, 0.2) is 45.9 Å². The Morgan fingerprint density at radius 2 is 1.96 bits per heavy atom. The molecular weight excluding hydrogens is 358 g/mol. The molecule has 0 aliphatic heterocycles. The summed E-state index contributed by atoms with van der Waals surface area (Å²) in [6.07, 6.45) is 1.42. The van der Waals surface area contributed by atoms with Gasteiger partial charge in [0.1, 0.15) is 10.7 Å². The number of rotatable bonds is 5. The molecule has 0 radical (unpaired) electrons. The summed E-state index contributed by atoms with van der Waals surface area (Å²) in [6.45, 7) is 1.16. The largest absolute Gasteiger partial charge is 0.468 e. The molecule has 0 unspecified atom stereocenters. The number of carbonyl (C=O) groups is 2. The molecule has 2 rings (SSSR count). The number of furan rings is 1. The highest BCUT2D eigenvalue weighted by atomic mass is 35.5. The molecule has 1 aromatic heterocycles. The van der Waals surface area contributed by atoms with Crippen LogP contribution in [0.4, 0.5) is 0 Å². The van der Waals surface area contributed by atoms with Crippen molar-refractivity contribution >= 4 is 33.4 Å². The normalized spacial score (nSPS) is 11.1. The smallest absolute Gasteiger partial charge is 0.269 e. The maximum absolute atomic E-state index is 12.4. The van der Waals surface area contributed by atoms with E-state index < -0.39 is 21.8 Å². The van der Waals surface area contributed by atoms with Gasteiger partial charge in [-0.05, 0) is 30.3 Å². The van der Waals surface area contributed by atoms with E-state index >= 15 is 0 Å². The van der Waals surface area contributed by atoms with Crippen molar-refractivity contribution in [3.8, 4) is 0 Å². The lowest BCUT2D eigenvalue weighted by atomic mass is 10.2. The molecule has 0 aliphatic carbocycles. The SMILES string of the molecule is CC(=O)NNC(=O)c1ccc(Cl)c(S(=O)(=O)NCc2ccco2)c1.